The van der Waals surface area contributed by atoms with Gasteiger partial charge in [-0.05, 0) is 45.9 Å². The summed E-state index contributed by atoms with van der Waals surface area (Å²) >= 11 is 0. The molecule has 0 radical (unpaired) electrons. The average Bonchev–Trinajstić information content (AvgIpc) is 3.89. The lowest BCUT2D eigenvalue weighted by Crippen LogP contribution is -2.41. The summed E-state index contributed by atoms with van der Waals surface area (Å²) in [4.78, 5) is 26.9. The molecule has 8 nitrogen and oxygen atoms in total. The van der Waals surface area contributed by atoms with E-state index in [1.165, 1.54) is 33.6 Å². The number of aromatic amines is 2. The minimum atomic E-state index is -0.456. The molecule has 262 valence electrons. The molecule has 0 spiro atoms. The lowest BCUT2D eigenvalue weighted by Gasteiger charge is -2.39. The second-order valence-electron chi connectivity index (χ2n) is 16.0. The normalized spacial score (nSPS) is 12.7. The Morgan fingerprint density at radius 2 is 0.840 bits per heavy atom. The van der Waals surface area contributed by atoms with Gasteiger partial charge in [0, 0.05) is 48.0 Å². The van der Waals surface area contributed by atoms with Crippen LogP contribution in [0.5, 0.6) is 0 Å². The van der Waals surface area contributed by atoms with Crippen molar-refractivity contribution in [2.45, 2.75) is 118 Å². The van der Waals surface area contributed by atoms with Crippen molar-refractivity contribution < 1.29 is 0 Å². The van der Waals surface area contributed by atoms with Crippen molar-refractivity contribution >= 4 is 0 Å². The zero-order chi connectivity index (χ0) is 36.1. The number of nitrogens with one attached hydrogen (secondary N) is 2. The highest BCUT2D eigenvalue weighted by Crippen LogP contribution is 2.46. The number of H-pyrrole nitrogens is 2. The molecule has 4 aromatic heterocycles. The van der Waals surface area contributed by atoms with Crippen molar-refractivity contribution in [2.24, 2.45) is 0 Å². The van der Waals surface area contributed by atoms with Crippen molar-refractivity contribution in [3.05, 3.63) is 107 Å². The summed E-state index contributed by atoms with van der Waals surface area (Å²) in [5, 5.41) is 0. The van der Waals surface area contributed by atoms with Gasteiger partial charge in [0.05, 0.1) is 22.8 Å². The van der Waals surface area contributed by atoms with E-state index in [0.29, 0.717) is 23.7 Å². The number of aromatic nitrogens is 8. The van der Waals surface area contributed by atoms with E-state index in [0.717, 1.165) is 34.7 Å². The molecule has 2 N–H and O–H groups in total. The highest BCUT2D eigenvalue weighted by atomic mass is 15.1. The second-order valence-corrected chi connectivity index (χ2v) is 16.0. The molecule has 0 saturated heterocycles. The smallest absolute Gasteiger partial charge is 0.181 e. The quantitative estimate of drug-likeness (QED) is 0.143. The third kappa shape index (κ3) is 5.92. The van der Waals surface area contributed by atoms with E-state index in [-0.39, 0.29) is 0 Å². The van der Waals surface area contributed by atoms with Crippen LogP contribution in [0.1, 0.15) is 140 Å². The van der Waals surface area contributed by atoms with Gasteiger partial charge in [0.25, 0.3) is 0 Å². The van der Waals surface area contributed by atoms with Crippen LogP contribution < -0.4 is 0 Å². The summed E-state index contributed by atoms with van der Waals surface area (Å²) in [6.45, 7) is 27.2. The largest absolute Gasteiger partial charge is 0.342 e. The standard InChI is InChI=1S/C42H54N8/c1-25(2)29-15-13-16-30(26(3)4)35(29)49-23-33(47-39(49)37-43-19-20-44-37)41(9,10)42(11,12)34-24-50(40(48-34)38-45-21-22-46-38)36-31(27(5)6)17-14-18-32(36)28(7)8/h13-28H,1-12H3,(H,43,44)(H,45,46). The lowest BCUT2D eigenvalue weighted by molar-refractivity contribution is 0.290. The minimum Gasteiger partial charge on any atom is -0.342 e. The molecule has 8 heteroatoms. The monoisotopic (exact) mass is 670 g/mol. The van der Waals surface area contributed by atoms with Crippen molar-refractivity contribution in [1.82, 2.24) is 39.0 Å². The first-order valence-electron chi connectivity index (χ1n) is 18.1. The summed E-state index contributed by atoms with van der Waals surface area (Å²) in [6.07, 6.45) is 11.8. The van der Waals surface area contributed by atoms with Crippen molar-refractivity contribution in [3.63, 3.8) is 0 Å². The van der Waals surface area contributed by atoms with Crippen LogP contribution in [0.4, 0.5) is 0 Å². The maximum atomic E-state index is 5.42. The zero-order valence-electron chi connectivity index (χ0n) is 31.9. The predicted octanol–water partition coefficient (Wildman–Crippen LogP) is 10.6. The third-order valence-corrected chi connectivity index (χ3v) is 10.8. The number of nitrogens with zero attached hydrogens (tertiary/aromatic N) is 6. The Balaban J connectivity index is 1.57. The van der Waals surface area contributed by atoms with Gasteiger partial charge in [-0.25, -0.2) is 19.9 Å². The molecule has 0 unspecified atom stereocenters. The Hall–Kier alpha value is -4.72. The van der Waals surface area contributed by atoms with Crippen LogP contribution in [-0.2, 0) is 10.8 Å². The summed E-state index contributed by atoms with van der Waals surface area (Å²) in [6, 6.07) is 13.3. The Labute approximate surface area is 297 Å². The molecule has 0 saturated carbocycles. The number of benzene rings is 2. The van der Waals surface area contributed by atoms with Gasteiger partial charge >= 0.3 is 0 Å². The zero-order valence-corrected chi connectivity index (χ0v) is 31.9. The van der Waals surface area contributed by atoms with E-state index in [1.807, 2.05) is 12.4 Å². The fraction of sp³-hybridized carbons (Fsp3) is 0.429. The molecule has 0 bridgehead atoms. The fourth-order valence-electron chi connectivity index (χ4n) is 7.03. The van der Waals surface area contributed by atoms with Crippen LogP contribution in [0.15, 0.2) is 73.6 Å². The molecule has 6 rings (SSSR count). The topological polar surface area (TPSA) is 93.0 Å². The second kappa shape index (κ2) is 13.2. The van der Waals surface area contributed by atoms with E-state index in [1.54, 1.807) is 12.4 Å². The molecule has 50 heavy (non-hydrogen) atoms. The summed E-state index contributed by atoms with van der Waals surface area (Å²) in [5.74, 6) is 4.42. The van der Waals surface area contributed by atoms with Gasteiger partial charge in [0.15, 0.2) is 23.3 Å². The van der Waals surface area contributed by atoms with Crippen LogP contribution in [0.25, 0.3) is 34.7 Å². The molecule has 0 fully saturated rings. The van der Waals surface area contributed by atoms with Gasteiger partial charge in [-0.3, -0.25) is 9.13 Å². The Bertz CT molecular complexity index is 1860. The van der Waals surface area contributed by atoms with Crippen molar-refractivity contribution in [2.75, 3.05) is 0 Å². The lowest BCUT2D eigenvalue weighted by atomic mass is 9.64. The van der Waals surface area contributed by atoms with E-state index in [9.17, 15) is 0 Å². The first-order chi connectivity index (χ1) is 23.6. The van der Waals surface area contributed by atoms with E-state index in [4.69, 9.17) is 19.9 Å². The van der Waals surface area contributed by atoms with Gasteiger partial charge < -0.3 is 9.97 Å². The maximum absolute atomic E-state index is 5.42. The number of hydrogen-bond acceptors (Lipinski definition) is 4. The van der Waals surface area contributed by atoms with Crippen LogP contribution >= 0.6 is 0 Å². The first-order valence-corrected chi connectivity index (χ1v) is 18.1. The molecule has 0 amide bonds. The molecule has 0 aliphatic rings. The van der Waals surface area contributed by atoms with Gasteiger partial charge in [-0.1, -0.05) is 119 Å². The molecule has 0 atom stereocenters. The average molecular weight is 671 g/mol. The molecular formula is C42H54N8. The van der Waals surface area contributed by atoms with Gasteiger partial charge in [0.2, 0.25) is 0 Å². The molecule has 6 aromatic rings. The van der Waals surface area contributed by atoms with Crippen LogP contribution in [0.2, 0.25) is 0 Å². The maximum Gasteiger partial charge on any atom is 0.181 e. The molecule has 2 aromatic carbocycles. The Morgan fingerprint density at radius 1 is 0.520 bits per heavy atom. The van der Waals surface area contributed by atoms with Gasteiger partial charge in [-0.15, -0.1) is 0 Å². The minimum absolute atomic E-state index is 0.330. The van der Waals surface area contributed by atoms with E-state index in [2.05, 4.69) is 151 Å². The number of hydrogen-bond donors (Lipinski definition) is 2. The first kappa shape index (κ1) is 35.1. The van der Waals surface area contributed by atoms with Crippen LogP contribution in [0, 0.1) is 0 Å². The number of rotatable bonds is 11. The number of para-hydroxylation sites is 2. The highest BCUT2D eigenvalue weighted by Gasteiger charge is 2.45. The molecule has 0 aliphatic heterocycles. The Morgan fingerprint density at radius 3 is 1.10 bits per heavy atom. The van der Waals surface area contributed by atoms with Gasteiger partial charge in [0.1, 0.15) is 0 Å². The molecule has 0 aliphatic carbocycles. The van der Waals surface area contributed by atoms with E-state index < -0.39 is 10.8 Å². The van der Waals surface area contributed by atoms with Crippen molar-refractivity contribution in [1.29, 1.82) is 0 Å². The fourth-order valence-corrected chi connectivity index (χ4v) is 7.03. The third-order valence-electron chi connectivity index (χ3n) is 10.8. The number of imidazole rings is 4. The summed E-state index contributed by atoms with van der Waals surface area (Å²) in [5.41, 5.74) is 8.56. The SMILES string of the molecule is CC(C)c1cccc(C(C)C)c1-n1cc(C(C)(C)C(C)(C)c2cn(-c3c(C(C)C)cccc3C(C)C)c(-c3ncc[nH]3)n2)nc1-c1ncc[nH]1. The molecular weight excluding hydrogens is 617 g/mol. The van der Waals surface area contributed by atoms with Crippen LogP contribution in [0.3, 0.4) is 0 Å². The summed E-state index contributed by atoms with van der Waals surface area (Å²) < 4.78 is 4.55. The highest BCUT2D eigenvalue weighted by molar-refractivity contribution is 5.61. The van der Waals surface area contributed by atoms with Crippen LogP contribution in [-0.4, -0.2) is 39.0 Å². The van der Waals surface area contributed by atoms with Crippen molar-refractivity contribution in [3.8, 4) is 34.7 Å². The predicted molar refractivity (Wildman–Crippen MR) is 205 cm³/mol. The summed E-state index contributed by atoms with van der Waals surface area (Å²) in [7, 11) is 0. The van der Waals surface area contributed by atoms with Gasteiger partial charge in [-0.2, -0.15) is 0 Å². The molecule has 4 heterocycles. The Kier molecular flexibility index (Phi) is 9.27. The van der Waals surface area contributed by atoms with E-state index >= 15 is 0 Å².